The zero-order valence-electron chi connectivity index (χ0n) is 6.80. The second kappa shape index (κ2) is 3.74. The Bertz CT molecular complexity index is 452. The molecule has 0 unspecified atom stereocenters. The third kappa shape index (κ3) is 1.85. The van der Waals surface area contributed by atoms with Crippen LogP contribution in [0.15, 0.2) is 22.0 Å². The van der Waals surface area contributed by atoms with Gasteiger partial charge in [-0.2, -0.15) is 0 Å². The second-order valence-corrected chi connectivity index (χ2v) is 6.25. The van der Waals surface area contributed by atoms with Crippen LogP contribution in [0.5, 0.6) is 5.75 Å². The Kier molecular flexibility index (Phi) is 2.80. The van der Waals surface area contributed by atoms with Crippen molar-refractivity contribution in [3.05, 3.63) is 25.6 Å². The van der Waals surface area contributed by atoms with Gasteiger partial charge in [0.05, 0.1) is 15.6 Å². The van der Waals surface area contributed by atoms with E-state index in [0.717, 1.165) is 9.54 Å². The van der Waals surface area contributed by atoms with Gasteiger partial charge in [-0.15, -0.1) is 11.3 Å². The van der Waals surface area contributed by atoms with Crippen LogP contribution in [0.25, 0.3) is 10.1 Å². The molecule has 0 saturated heterocycles. The molecule has 0 fully saturated rings. The quantitative estimate of drug-likeness (QED) is 0.683. The van der Waals surface area contributed by atoms with E-state index < -0.39 is 0 Å². The summed E-state index contributed by atoms with van der Waals surface area (Å²) in [4.78, 5) is 0. The van der Waals surface area contributed by atoms with Gasteiger partial charge in [-0.25, -0.2) is 0 Å². The molecular weight excluding hydrogens is 363 g/mol. The van der Waals surface area contributed by atoms with Crippen molar-refractivity contribution in [3.8, 4) is 5.75 Å². The summed E-state index contributed by atoms with van der Waals surface area (Å²) in [5, 5.41) is 1.24. The molecule has 0 bridgehead atoms. The number of thiophene rings is 1. The van der Waals surface area contributed by atoms with E-state index in [1.54, 1.807) is 18.4 Å². The van der Waals surface area contributed by atoms with Gasteiger partial charge in [-0.05, 0) is 62.1 Å². The van der Waals surface area contributed by atoms with E-state index in [1.807, 2.05) is 6.07 Å². The van der Waals surface area contributed by atoms with Crippen LogP contribution < -0.4 is 4.74 Å². The Labute approximate surface area is 102 Å². The van der Waals surface area contributed by atoms with Gasteiger partial charge < -0.3 is 4.74 Å². The van der Waals surface area contributed by atoms with Gasteiger partial charge in [0.25, 0.3) is 0 Å². The highest BCUT2D eigenvalue weighted by molar-refractivity contribution is 14.1. The van der Waals surface area contributed by atoms with Crippen LogP contribution in [0.3, 0.4) is 0 Å². The summed E-state index contributed by atoms with van der Waals surface area (Å²) in [5.41, 5.74) is 0. The van der Waals surface area contributed by atoms with Crippen molar-refractivity contribution in [1.29, 1.82) is 0 Å². The number of hydrogen-bond acceptors (Lipinski definition) is 2. The molecule has 2 rings (SSSR count). The average Bonchev–Trinajstić information content (AvgIpc) is 2.43. The summed E-state index contributed by atoms with van der Waals surface area (Å²) in [6, 6.07) is 6.32. The van der Waals surface area contributed by atoms with Gasteiger partial charge in [0.15, 0.2) is 0 Å². The standard InChI is InChI=1S/C9H6BrIOS/c1-12-7-4-6(11)2-5-3-8(10)13-9(5)7/h2-4H,1H3. The Morgan fingerprint density at radius 1 is 1.38 bits per heavy atom. The fraction of sp³-hybridized carbons (Fsp3) is 0.111. The monoisotopic (exact) mass is 368 g/mol. The summed E-state index contributed by atoms with van der Waals surface area (Å²) in [5.74, 6) is 0.956. The predicted octanol–water partition coefficient (Wildman–Crippen LogP) is 4.28. The minimum Gasteiger partial charge on any atom is -0.495 e. The largest absolute Gasteiger partial charge is 0.495 e. The van der Waals surface area contributed by atoms with Gasteiger partial charge in [0.2, 0.25) is 0 Å². The number of ether oxygens (including phenoxy) is 1. The van der Waals surface area contributed by atoms with E-state index in [0.29, 0.717) is 0 Å². The molecule has 0 aliphatic heterocycles. The molecular formula is C9H6BrIOS. The molecule has 2 aromatic rings. The van der Waals surface area contributed by atoms with Crippen LogP contribution in [0, 0.1) is 3.57 Å². The van der Waals surface area contributed by atoms with Crippen LogP contribution in [-0.4, -0.2) is 7.11 Å². The molecule has 13 heavy (non-hydrogen) atoms. The zero-order valence-corrected chi connectivity index (χ0v) is 11.4. The number of benzene rings is 1. The van der Waals surface area contributed by atoms with E-state index >= 15 is 0 Å². The maximum Gasteiger partial charge on any atom is 0.137 e. The smallest absolute Gasteiger partial charge is 0.137 e. The lowest BCUT2D eigenvalue weighted by Gasteiger charge is -2.01. The molecule has 0 N–H and O–H groups in total. The van der Waals surface area contributed by atoms with E-state index in [9.17, 15) is 0 Å². The van der Waals surface area contributed by atoms with Crippen LogP contribution in [-0.2, 0) is 0 Å². The highest BCUT2D eigenvalue weighted by Crippen LogP contribution is 2.37. The van der Waals surface area contributed by atoms with Crippen LogP contribution in [0.2, 0.25) is 0 Å². The maximum absolute atomic E-state index is 5.31. The number of fused-ring (bicyclic) bond motifs is 1. The van der Waals surface area contributed by atoms with Crippen LogP contribution in [0.4, 0.5) is 0 Å². The molecule has 0 aliphatic carbocycles. The van der Waals surface area contributed by atoms with Crippen LogP contribution >= 0.6 is 49.9 Å². The summed E-state index contributed by atoms with van der Waals surface area (Å²) in [6.07, 6.45) is 0. The lowest BCUT2D eigenvalue weighted by Crippen LogP contribution is -1.83. The van der Waals surface area contributed by atoms with Crippen molar-refractivity contribution < 1.29 is 4.74 Å². The van der Waals surface area contributed by atoms with E-state index in [2.05, 4.69) is 50.7 Å². The van der Waals surface area contributed by atoms with Gasteiger partial charge in [0, 0.05) is 3.57 Å². The molecule has 1 heterocycles. The Balaban J connectivity index is 2.80. The van der Waals surface area contributed by atoms with Gasteiger partial charge in [-0.3, -0.25) is 0 Å². The van der Waals surface area contributed by atoms with Crippen molar-refractivity contribution in [3.63, 3.8) is 0 Å². The SMILES string of the molecule is COc1cc(I)cc2cc(Br)sc12. The lowest BCUT2D eigenvalue weighted by molar-refractivity contribution is 0.420. The van der Waals surface area contributed by atoms with Gasteiger partial charge >= 0.3 is 0 Å². The first-order valence-electron chi connectivity index (χ1n) is 3.63. The highest BCUT2D eigenvalue weighted by atomic mass is 127. The molecule has 0 spiro atoms. The van der Waals surface area contributed by atoms with Crippen molar-refractivity contribution in [1.82, 2.24) is 0 Å². The molecule has 0 atom stereocenters. The highest BCUT2D eigenvalue weighted by Gasteiger charge is 2.06. The van der Waals surface area contributed by atoms with Gasteiger partial charge in [0.1, 0.15) is 5.75 Å². The third-order valence-electron chi connectivity index (χ3n) is 1.74. The molecule has 0 aliphatic rings. The Hall–Kier alpha value is 0.190. The Morgan fingerprint density at radius 2 is 2.15 bits per heavy atom. The first kappa shape index (κ1) is 9.73. The van der Waals surface area contributed by atoms with Crippen molar-refractivity contribution in [2.75, 3.05) is 7.11 Å². The fourth-order valence-electron chi connectivity index (χ4n) is 1.21. The minimum absolute atomic E-state index is 0.956. The summed E-state index contributed by atoms with van der Waals surface area (Å²) in [6.45, 7) is 0. The van der Waals surface area contributed by atoms with Crippen LogP contribution in [0.1, 0.15) is 0 Å². The number of hydrogen-bond donors (Lipinski definition) is 0. The second-order valence-electron chi connectivity index (χ2n) is 2.58. The summed E-state index contributed by atoms with van der Waals surface area (Å²) < 4.78 is 8.85. The van der Waals surface area contributed by atoms with Gasteiger partial charge in [-0.1, -0.05) is 0 Å². The average molecular weight is 369 g/mol. The lowest BCUT2D eigenvalue weighted by atomic mass is 10.2. The zero-order chi connectivity index (χ0) is 9.42. The number of rotatable bonds is 1. The molecule has 0 saturated carbocycles. The van der Waals surface area contributed by atoms with Crippen molar-refractivity contribution >= 4 is 59.9 Å². The molecule has 4 heteroatoms. The Morgan fingerprint density at radius 3 is 2.85 bits per heavy atom. The van der Waals surface area contributed by atoms with E-state index in [1.165, 1.54) is 13.7 Å². The summed E-state index contributed by atoms with van der Waals surface area (Å²) >= 11 is 7.47. The summed E-state index contributed by atoms with van der Waals surface area (Å²) in [7, 11) is 1.71. The molecule has 1 aromatic carbocycles. The fourth-order valence-corrected chi connectivity index (χ4v) is 3.42. The molecule has 68 valence electrons. The van der Waals surface area contributed by atoms with E-state index in [-0.39, 0.29) is 0 Å². The van der Waals surface area contributed by atoms with E-state index in [4.69, 9.17) is 4.74 Å². The predicted molar refractivity (Wildman–Crippen MR) is 68.8 cm³/mol. The number of methoxy groups -OCH3 is 1. The molecule has 0 amide bonds. The van der Waals surface area contributed by atoms with Crippen molar-refractivity contribution in [2.24, 2.45) is 0 Å². The first-order chi connectivity index (χ1) is 6.20. The topological polar surface area (TPSA) is 9.23 Å². The number of halogens is 2. The normalized spacial score (nSPS) is 10.7. The third-order valence-corrected chi connectivity index (χ3v) is 4.03. The van der Waals surface area contributed by atoms with Crippen molar-refractivity contribution in [2.45, 2.75) is 0 Å². The minimum atomic E-state index is 0.956. The molecule has 1 aromatic heterocycles. The first-order valence-corrected chi connectivity index (χ1v) is 6.32. The maximum atomic E-state index is 5.31. The molecule has 0 radical (unpaired) electrons. The molecule has 1 nitrogen and oxygen atoms in total.